The number of amides is 1. The lowest BCUT2D eigenvalue weighted by atomic mass is 9.89. The van der Waals surface area contributed by atoms with Crippen molar-refractivity contribution in [1.29, 1.82) is 0 Å². The predicted molar refractivity (Wildman–Crippen MR) is 66.5 cm³/mol. The molecule has 1 N–H and O–H groups in total. The Bertz CT molecular complexity index is 383. The second kappa shape index (κ2) is 6.13. The van der Waals surface area contributed by atoms with Gasteiger partial charge in [-0.2, -0.15) is 5.10 Å². The quantitative estimate of drug-likeness (QED) is 0.640. The van der Waals surface area contributed by atoms with Crippen LogP contribution in [0.2, 0.25) is 0 Å². The zero-order chi connectivity index (χ0) is 11.9. The van der Waals surface area contributed by atoms with Gasteiger partial charge < -0.3 is 0 Å². The summed E-state index contributed by atoms with van der Waals surface area (Å²) in [5.74, 6) is 0.194. The summed E-state index contributed by atoms with van der Waals surface area (Å²) in [5.41, 5.74) is 3.49. The van der Waals surface area contributed by atoms with Crippen molar-refractivity contribution in [3.05, 3.63) is 30.1 Å². The van der Waals surface area contributed by atoms with Gasteiger partial charge in [-0.1, -0.05) is 25.3 Å². The fraction of sp³-hybridized carbons (Fsp3) is 0.462. The Kier molecular flexibility index (Phi) is 4.24. The van der Waals surface area contributed by atoms with E-state index in [9.17, 15) is 4.79 Å². The maximum absolute atomic E-state index is 11.7. The van der Waals surface area contributed by atoms with E-state index in [0.29, 0.717) is 0 Å². The molecule has 0 spiro atoms. The van der Waals surface area contributed by atoms with Gasteiger partial charge >= 0.3 is 0 Å². The van der Waals surface area contributed by atoms with Crippen molar-refractivity contribution in [3.63, 3.8) is 0 Å². The third kappa shape index (κ3) is 3.66. The minimum Gasteiger partial charge on any atom is -0.273 e. The van der Waals surface area contributed by atoms with Crippen LogP contribution in [0, 0.1) is 5.92 Å². The van der Waals surface area contributed by atoms with Crippen LogP contribution in [0.1, 0.15) is 37.7 Å². The van der Waals surface area contributed by atoms with Gasteiger partial charge in [0, 0.05) is 23.9 Å². The summed E-state index contributed by atoms with van der Waals surface area (Å²) in [6.07, 6.45) is 10.6. The molecule has 17 heavy (non-hydrogen) atoms. The summed E-state index contributed by atoms with van der Waals surface area (Å²) in [7, 11) is 0. The van der Waals surface area contributed by atoms with Gasteiger partial charge in [-0.25, -0.2) is 5.43 Å². The number of hydrogen-bond donors (Lipinski definition) is 1. The first-order valence-corrected chi connectivity index (χ1v) is 6.09. The highest BCUT2D eigenvalue weighted by Crippen LogP contribution is 2.23. The van der Waals surface area contributed by atoms with E-state index < -0.39 is 0 Å². The number of rotatable bonds is 3. The number of nitrogens with zero attached hydrogens (tertiary/aromatic N) is 2. The number of nitrogens with one attached hydrogen (secondary N) is 1. The van der Waals surface area contributed by atoms with Crippen LogP contribution in [0.5, 0.6) is 0 Å². The van der Waals surface area contributed by atoms with Crippen LogP contribution in [0.3, 0.4) is 0 Å². The van der Waals surface area contributed by atoms with Crippen molar-refractivity contribution in [2.75, 3.05) is 0 Å². The van der Waals surface area contributed by atoms with Gasteiger partial charge in [0.05, 0.1) is 6.21 Å². The molecule has 0 unspecified atom stereocenters. The summed E-state index contributed by atoms with van der Waals surface area (Å²) in [6, 6.07) is 3.73. The second-order valence-corrected chi connectivity index (χ2v) is 4.36. The highest BCUT2D eigenvalue weighted by Gasteiger charge is 2.20. The Hall–Kier alpha value is -1.71. The molecule has 1 amide bonds. The van der Waals surface area contributed by atoms with Crippen molar-refractivity contribution in [2.45, 2.75) is 32.1 Å². The number of hydrazone groups is 1. The molecule has 1 aliphatic carbocycles. The van der Waals surface area contributed by atoms with E-state index in [0.717, 1.165) is 31.2 Å². The zero-order valence-corrected chi connectivity index (χ0v) is 9.80. The van der Waals surface area contributed by atoms with Gasteiger partial charge in [0.15, 0.2) is 0 Å². The first-order chi connectivity index (χ1) is 8.36. The third-order valence-electron chi connectivity index (χ3n) is 3.05. The van der Waals surface area contributed by atoms with Crippen LogP contribution in [-0.2, 0) is 4.79 Å². The first kappa shape index (κ1) is 11.8. The minimum atomic E-state index is 0.0461. The molecule has 1 saturated carbocycles. The van der Waals surface area contributed by atoms with E-state index >= 15 is 0 Å². The molecule has 2 rings (SSSR count). The summed E-state index contributed by atoms with van der Waals surface area (Å²) in [6.45, 7) is 0. The van der Waals surface area contributed by atoms with Crippen molar-refractivity contribution in [3.8, 4) is 0 Å². The Morgan fingerprint density at radius 2 is 2.24 bits per heavy atom. The Balaban J connectivity index is 1.81. The standard InChI is InChI=1S/C13H17N3O/c17-13(12-6-2-1-3-7-12)16-15-10-11-5-4-8-14-9-11/h4-5,8-10,12H,1-3,6-7H2,(H,16,17). The number of carbonyl (C=O) groups is 1. The summed E-state index contributed by atoms with van der Waals surface area (Å²) in [4.78, 5) is 15.7. The van der Waals surface area contributed by atoms with E-state index in [2.05, 4.69) is 15.5 Å². The molecule has 0 bridgehead atoms. The van der Waals surface area contributed by atoms with Crippen LogP contribution in [0.15, 0.2) is 29.6 Å². The Morgan fingerprint density at radius 1 is 1.41 bits per heavy atom. The molecule has 0 saturated heterocycles. The summed E-state index contributed by atoms with van der Waals surface area (Å²) in [5, 5.41) is 3.95. The normalized spacial score (nSPS) is 17.2. The molecule has 90 valence electrons. The molecule has 1 fully saturated rings. The molecule has 1 aromatic rings. The van der Waals surface area contributed by atoms with Gasteiger partial charge in [-0.15, -0.1) is 0 Å². The Morgan fingerprint density at radius 3 is 2.94 bits per heavy atom. The number of aromatic nitrogens is 1. The number of pyridine rings is 1. The van der Waals surface area contributed by atoms with Gasteiger partial charge in [-0.3, -0.25) is 9.78 Å². The predicted octanol–water partition coefficient (Wildman–Crippen LogP) is 2.11. The fourth-order valence-electron chi connectivity index (χ4n) is 2.08. The van der Waals surface area contributed by atoms with E-state index in [1.165, 1.54) is 6.42 Å². The SMILES string of the molecule is O=C(NN=Cc1cccnc1)C1CCCCC1. The summed E-state index contributed by atoms with van der Waals surface area (Å²) >= 11 is 0. The average Bonchev–Trinajstić information content (AvgIpc) is 2.41. The van der Waals surface area contributed by atoms with Gasteiger partial charge in [0.2, 0.25) is 5.91 Å². The number of carbonyl (C=O) groups excluding carboxylic acids is 1. The van der Waals surface area contributed by atoms with Crippen LogP contribution < -0.4 is 5.43 Å². The van der Waals surface area contributed by atoms with E-state index in [-0.39, 0.29) is 11.8 Å². The molecular formula is C13H17N3O. The maximum atomic E-state index is 11.7. The second-order valence-electron chi connectivity index (χ2n) is 4.36. The first-order valence-electron chi connectivity index (χ1n) is 6.09. The average molecular weight is 231 g/mol. The van der Waals surface area contributed by atoms with E-state index in [4.69, 9.17) is 0 Å². The largest absolute Gasteiger partial charge is 0.273 e. The van der Waals surface area contributed by atoms with E-state index in [1.807, 2.05) is 12.1 Å². The third-order valence-corrected chi connectivity index (χ3v) is 3.05. The van der Waals surface area contributed by atoms with Crippen molar-refractivity contribution in [1.82, 2.24) is 10.4 Å². The van der Waals surface area contributed by atoms with Gasteiger partial charge in [0.25, 0.3) is 0 Å². The molecule has 0 aliphatic heterocycles. The van der Waals surface area contributed by atoms with Gasteiger partial charge in [0.1, 0.15) is 0 Å². The van der Waals surface area contributed by atoms with Crippen LogP contribution >= 0.6 is 0 Å². The lowest BCUT2D eigenvalue weighted by Gasteiger charge is -2.19. The molecule has 1 heterocycles. The highest BCUT2D eigenvalue weighted by molar-refractivity contribution is 5.83. The molecule has 0 radical (unpaired) electrons. The van der Waals surface area contributed by atoms with Crippen molar-refractivity contribution in [2.24, 2.45) is 11.0 Å². The topological polar surface area (TPSA) is 54.4 Å². The minimum absolute atomic E-state index is 0.0461. The molecule has 1 aromatic heterocycles. The van der Waals surface area contributed by atoms with Crippen LogP contribution in [-0.4, -0.2) is 17.1 Å². The molecule has 0 aromatic carbocycles. The molecule has 4 heteroatoms. The van der Waals surface area contributed by atoms with Crippen LogP contribution in [0.25, 0.3) is 0 Å². The van der Waals surface area contributed by atoms with Crippen molar-refractivity contribution < 1.29 is 4.79 Å². The monoisotopic (exact) mass is 231 g/mol. The molecule has 1 aliphatic rings. The number of hydrogen-bond acceptors (Lipinski definition) is 3. The Labute approximate surface area is 101 Å². The molecular weight excluding hydrogens is 214 g/mol. The smallest absolute Gasteiger partial charge is 0.243 e. The van der Waals surface area contributed by atoms with Gasteiger partial charge in [-0.05, 0) is 18.9 Å². The lowest BCUT2D eigenvalue weighted by Crippen LogP contribution is -2.28. The zero-order valence-electron chi connectivity index (χ0n) is 9.80. The molecule has 0 atom stereocenters. The van der Waals surface area contributed by atoms with E-state index in [1.54, 1.807) is 18.6 Å². The lowest BCUT2D eigenvalue weighted by molar-refractivity contribution is -0.125. The van der Waals surface area contributed by atoms with Crippen LogP contribution in [0.4, 0.5) is 0 Å². The maximum Gasteiger partial charge on any atom is 0.243 e. The highest BCUT2D eigenvalue weighted by atomic mass is 16.2. The molecule has 4 nitrogen and oxygen atoms in total. The fourth-order valence-corrected chi connectivity index (χ4v) is 2.08. The summed E-state index contributed by atoms with van der Waals surface area (Å²) < 4.78 is 0. The van der Waals surface area contributed by atoms with Crippen molar-refractivity contribution >= 4 is 12.1 Å².